The number of rotatable bonds is 8. The highest BCUT2D eigenvalue weighted by Gasteiger charge is 2.10. The van der Waals surface area contributed by atoms with Gasteiger partial charge in [0, 0.05) is 0 Å². The maximum atomic E-state index is 10.1. The lowest BCUT2D eigenvalue weighted by atomic mass is 9.93. The molecule has 102 valence electrons. The van der Waals surface area contributed by atoms with Crippen LogP contribution in [-0.2, 0) is 0 Å². The van der Waals surface area contributed by atoms with Gasteiger partial charge in [-0.05, 0) is 30.2 Å². The van der Waals surface area contributed by atoms with Crippen molar-refractivity contribution in [3.05, 3.63) is 35.9 Å². The van der Waals surface area contributed by atoms with Gasteiger partial charge in [0.1, 0.15) is 0 Å². The molecule has 0 aliphatic carbocycles. The third-order valence-corrected chi connectivity index (χ3v) is 3.60. The van der Waals surface area contributed by atoms with Crippen molar-refractivity contribution in [3.8, 4) is 0 Å². The Labute approximate surface area is 112 Å². The van der Waals surface area contributed by atoms with E-state index in [2.05, 4.69) is 20.8 Å². The zero-order valence-electron chi connectivity index (χ0n) is 12.1. The number of hydrogen-bond acceptors (Lipinski definition) is 1. The van der Waals surface area contributed by atoms with Crippen molar-refractivity contribution < 1.29 is 5.11 Å². The Morgan fingerprint density at radius 1 is 0.889 bits per heavy atom. The van der Waals surface area contributed by atoms with Crippen molar-refractivity contribution in [1.82, 2.24) is 0 Å². The Morgan fingerprint density at radius 2 is 1.56 bits per heavy atom. The highest BCUT2D eigenvalue weighted by Crippen LogP contribution is 2.23. The van der Waals surface area contributed by atoms with E-state index < -0.39 is 0 Å². The Bertz CT molecular complexity index is 305. The molecule has 0 radical (unpaired) electrons. The third kappa shape index (κ3) is 6.20. The monoisotopic (exact) mass is 248 g/mol. The first kappa shape index (κ1) is 15.2. The van der Waals surface area contributed by atoms with E-state index in [1.807, 2.05) is 30.3 Å². The summed E-state index contributed by atoms with van der Waals surface area (Å²) in [5.74, 6) is 1.54. The summed E-state index contributed by atoms with van der Waals surface area (Å²) in [4.78, 5) is 0. The molecule has 0 spiro atoms. The Kier molecular flexibility index (Phi) is 7.04. The van der Waals surface area contributed by atoms with Gasteiger partial charge in [0.05, 0.1) is 6.10 Å². The molecule has 1 N–H and O–H groups in total. The fourth-order valence-electron chi connectivity index (χ4n) is 2.30. The van der Waals surface area contributed by atoms with Crippen LogP contribution in [-0.4, -0.2) is 5.11 Å². The molecule has 0 aromatic heterocycles. The van der Waals surface area contributed by atoms with Gasteiger partial charge in [-0.2, -0.15) is 0 Å². The van der Waals surface area contributed by atoms with Crippen molar-refractivity contribution in [2.75, 3.05) is 0 Å². The van der Waals surface area contributed by atoms with Gasteiger partial charge in [-0.25, -0.2) is 0 Å². The van der Waals surface area contributed by atoms with Crippen molar-refractivity contribution in [1.29, 1.82) is 0 Å². The molecular weight excluding hydrogens is 220 g/mol. The highest BCUT2D eigenvalue weighted by molar-refractivity contribution is 5.16. The molecule has 0 aliphatic heterocycles. The molecule has 1 rings (SSSR count). The second kappa shape index (κ2) is 8.31. The molecule has 18 heavy (non-hydrogen) atoms. The quantitative estimate of drug-likeness (QED) is 0.689. The van der Waals surface area contributed by atoms with E-state index in [4.69, 9.17) is 0 Å². The van der Waals surface area contributed by atoms with E-state index in [1.165, 1.54) is 19.3 Å². The van der Waals surface area contributed by atoms with Crippen molar-refractivity contribution >= 4 is 0 Å². The molecule has 0 heterocycles. The summed E-state index contributed by atoms with van der Waals surface area (Å²) >= 11 is 0. The molecule has 1 aromatic rings. The fourth-order valence-corrected chi connectivity index (χ4v) is 2.30. The maximum absolute atomic E-state index is 10.1. The van der Waals surface area contributed by atoms with Gasteiger partial charge in [-0.3, -0.25) is 0 Å². The lowest BCUT2D eigenvalue weighted by molar-refractivity contribution is 0.156. The van der Waals surface area contributed by atoms with Gasteiger partial charge in [0.25, 0.3) is 0 Å². The SMILES string of the molecule is CC(C)CCC[C@@H](C)CC[C@@H](O)c1ccccc1. The molecule has 1 heteroatoms. The molecule has 1 nitrogen and oxygen atoms in total. The van der Waals surface area contributed by atoms with Crippen LogP contribution < -0.4 is 0 Å². The maximum Gasteiger partial charge on any atom is 0.0790 e. The van der Waals surface area contributed by atoms with Crippen LogP contribution in [0, 0.1) is 11.8 Å². The van der Waals surface area contributed by atoms with Crippen molar-refractivity contribution in [2.24, 2.45) is 11.8 Å². The second-order valence-corrected chi connectivity index (χ2v) is 5.93. The van der Waals surface area contributed by atoms with Crippen molar-refractivity contribution in [2.45, 2.75) is 59.0 Å². The molecule has 0 fully saturated rings. The number of aliphatic hydroxyl groups is 1. The number of aliphatic hydroxyl groups excluding tert-OH is 1. The Morgan fingerprint density at radius 3 is 2.17 bits per heavy atom. The summed E-state index contributed by atoms with van der Waals surface area (Å²) in [5.41, 5.74) is 1.05. The van der Waals surface area contributed by atoms with Crippen LogP contribution in [0.25, 0.3) is 0 Å². The minimum atomic E-state index is -0.293. The summed E-state index contributed by atoms with van der Waals surface area (Å²) in [6.45, 7) is 6.87. The van der Waals surface area contributed by atoms with E-state index >= 15 is 0 Å². The Hall–Kier alpha value is -0.820. The summed E-state index contributed by atoms with van der Waals surface area (Å²) in [6.07, 6.45) is 5.64. The van der Waals surface area contributed by atoms with Crippen LogP contribution in [0.3, 0.4) is 0 Å². The topological polar surface area (TPSA) is 20.2 Å². The highest BCUT2D eigenvalue weighted by atomic mass is 16.3. The van der Waals surface area contributed by atoms with Gasteiger partial charge in [0.2, 0.25) is 0 Å². The second-order valence-electron chi connectivity index (χ2n) is 5.93. The molecule has 1 aromatic carbocycles. The molecular formula is C17H28O. The van der Waals surface area contributed by atoms with Crippen LogP contribution in [0.4, 0.5) is 0 Å². The van der Waals surface area contributed by atoms with Crippen LogP contribution in [0.15, 0.2) is 30.3 Å². The van der Waals surface area contributed by atoms with Gasteiger partial charge < -0.3 is 5.11 Å². The summed E-state index contributed by atoms with van der Waals surface area (Å²) in [7, 11) is 0. The Balaban J connectivity index is 2.20. The molecule has 0 saturated carbocycles. The first-order valence-electron chi connectivity index (χ1n) is 7.32. The normalized spacial score (nSPS) is 14.7. The van der Waals surface area contributed by atoms with Crippen molar-refractivity contribution in [3.63, 3.8) is 0 Å². The number of hydrogen-bond donors (Lipinski definition) is 1. The molecule has 0 unspecified atom stereocenters. The average Bonchev–Trinajstić information content (AvgIpc) is 2.36. The molecule has 2 atom stereocenters. The van der Waals surface area contributed by atoms with Gasteiger partial charge in [-0.1, -0.05) is 70.4 Å². The molecule has 0 aliphatic rings. The fraction of sp³-hybridized carbons (Fsp3) is 0.647. The molecule has 0 amide bonds. The molecule has 0 bridgehead atoms. The third-order valence-electron chi connectivity index (χ3n) is 3.60. The zero-order chi connectivity index (χ0) is 13.4. The summed E-state index contributed by atoms with van der Waals surface area (Å²) in [5, 5.41) is 10.1. The minimum absolute atomic E-state index is 0.293. The predicted molar refractivity (Wildman–Crippen MR) is 78.5 cm³/mol. The van der Waals surface area contributed by atoms with Gasteiger partial charge >= 0.3 is 0 Å². The molecule has 0 saturated heterocycles. The van der Waals surface area contributed by atoms with E-state index in [0.717, 1.165) is 30.2 Å². The first-order valence-corrected chi connectivity index (χ1v) is 7.32. The van der Waals surface area contributed by atoms with Gasteiger partial charge in [0.15, 0.2) is 0 Å². The van der Waals surface area contributed by atoms with E-state index in [-0.39, 0.29) is 6.10 Å². The smallest absolute Gasteiger partial charge is 0.0790 e. The number of benzene rings is 1. The summed E-state index contributed by atoms with van der Waals surface area (Å²) < 4.78 is 0. The van der Waals surface area contributed by atoms with E-state index in [1.54, 1.807) is 0 Å². The van der Waals surface area contributed by atoms with Crippen LogP contribution in [0.2, 0.25) is 0 Å². The van der Waals surface area contributed by atoms with E-state index in [9.17, 15) is 5.11 Å². The summed E-state index contributed by atoms with van der Waals surface area (Å²) in [6, 6.07) is 9.99. The lowest BCUT2D eigenvalue weighted by Gasteiger charge is -2.15. The van der Waals surface area contributed by atoms with Crippen LogP contribution in [0.1, 0.15) is 64.5 Å². The standard InChI is InChI=1S/C17H28O/c1-14(2)8-7-9-15(3)12-13-17(18)16-10-5-4-6-11-16/h4-6,10-11,14-15,17-18H,7-9,12-13H2,1-3H3/t15-,17-/m1/s1. The zero-order valence-corrected chi connectivity index (χ0v) is 12.1. The lowest BCUT2D eigenvalue weighted by Crippen LogP contribution is -2.02. The van der Waals surface area contributed by atoms with Crippen LogP contribution >= 0.6 is 0 Å². The predicted octanol–water partition coefficient (Wildman–Crippen LogP) is 4.96. The average molecular weight is 248 g/mol. The largest absolute Gasteiger partial charge is 0.388 e. The minimum Gasteiger partial charge on any atom is -0.388 e. The van der Waals surface area contributed by atoms with E-state index in [0.29, 0.717) is 0 Å². The first-order chi connectivity index (χ1) is 8.59. The van der Waals surface area contributed by atoms with Crippen LogP contribution in [0.5, 0.6) is 0 Å². The van der Waals surface area contributed by atoms with Gasteiger partial charge in [-0.15, -0.1) is 0 Å².